The highest BCUT2D eigenvalue weighted by Gasteiger charge is 2.39. The van der Waals surface area contributed by atoms with Crippen LogP contribution in [0.4, 0.5) is 0 Å². The Morgan fingerprint density at radius 3 is 2.56 bits per heavy atom. The van der Waals surface area contributed by atoms with E-state index >= 15 is 0 Å². The molecule has 0 unspecified atom stereocenters. The third-order valence-electron chi connectivity index (χ3n) is 6.34. The molecule has 1 aromatic carbocycles. The summed E-state index contributed by atoms with van der Waals surface area (Å²) in [7, 11) is 1.91. The van der Waals surface area contributed by atoms with Crippen LogP contribution in [-0.4, -0.2) is 40.7 Å². The van der Waals surface area contributed by atoms with Gasteiger partial charge in [0.05, 0.1) is 29.1 Å². The Labute approximate surface area is 189 Å². The van der Waals surface area contributed by atoms with E-state index in [0.717, 1.165) is 47.3 Å². The molecule has 0 bridgehead atoms. The molecule has 1 fully saturated rings. The maximum atomic E-state index is 10.7. The van der Waals surface area contributed by atoms with Gasteiger partial charge in [-0.15, -0.1) is 5.10 Å². The summed E-state index contributed by atoms with van der Waals surface area (Å²) in [6.45, 7) is 15.1. The van der Waals surface area contributed by atoms with Gasteiger partial charge < -0.3 is 15.0 Å². The summed E-state index contributed by atoms with van der Waals surface area (Å²) >= 11 is 0. The molecule has 32 heavy (non-hydrogen) atoms. The number of aromatic nitrogens is 5. The van der Waals surface area contributed by atoms with Gasteiger partial charge >= 0.3 is 0 Å². The minimum atomic E-state index is 0.0234. The van der Waals surface area contributed by atoms with Crippen molar-refractivity contribution in [2.24, 2.45) is 7.05 Å². The van der Waals surface area contributed by atoms with Gasteiger partial charge in [0.1, 0.15) is 11.4 Å². The molecule has 0 atom stereocenters. The SMILES string of the molecule is C=C/C(=C\c1nnn(C2CC(C)(C)NC(C)(C)C2)c1CC)c1cc2ncn(C)c2cc1O. The van der Waals surface area contributed by atoms with Gasteiger partial charge in [0.2, 0.25) is 0 Å². The molecule has 1 aliphatic rings. The maximum absolute atomic E-state index is 10.7. The zero-order valence-electron chi connectivity index (χ0n) is 20.0. The van der Waals surface area contributed by atoms with E-state index in [1.54, 1.807) is 18.5 Å². The van der Waals surface area contributed by atoms with E-state index in [2.05, 4.69) is 66.5 Å². The van der Waals surface area contributed by atoms with Crippen molar-refractivity contribution in [2.45, 2.75) is 71.0 Å². The monoisotopic (exact) mass is 434 g/mol. The minimum Gasteiger partial charge on any atom is -0.507 e. The van der Waals surface area contributed by atoms with Crippen LogP contribution in [0.25, 0.3) is 22.7 Å². The van der Waals surface area contributed by atoms with Crippen LogP contribution >= 0.6 is 0 Å². The van der Waals surface area contributed by atoms with Crippen LogP contribution in [0, 0.1) is 0 Å². The molecular weight excluding hydrogens is 400 g/mol. The molecule has 0 amide bonds. The number of nitrogens with one attached hydrogen (secondary N) is 1. The largest absolute Gasteiger partial charge is 0.507 e. The molecule has 3 heterocycles. The molecule has 0 saturated carbocycles. The number of aryl methyl sites for hydroxylation is 1. The second kappa shape index (κ2) is 7.89. The average Bonchev–Trinajstić information content (AvgIpc) is 3.26. The van der Waals surface area contributed by atoms with Crippen molar-refractivity contribution in [3.8, 4) is 5.75 Å². The molecule has 1 aliphatic heterocycles. The van der Waals surface area contributed by atoms with E-state index in [9.17, 15) is 5.11 Å². The number of piperidine rings is 1. The Morgan fingerprint density at radius 1 is 1.25 bits per heavy atom. The zero-order chi connectivity index (χ0) is 23.3. The Kier molecular flexibility index (Phi) is 5.49. The van der Waals surface area contributed by atoms with Gasteiger partial charge in [-0.3, -0.25) is 0 Å². The fourth-order valence-electron chi connectivity index (χ4n) is 5.30. The number of phenolic OH excluding ortho intramolecular Hbond substituents is 1. The van der Waals surface area contributed by atoms with Gasteiger partial charge in [-0.2, -0.15) is 0 Å². The van der Waals surface area contributed by atoms with E-state index < -0.39 is 0 Å². The summed E-state index contributed by atoms with van der Waals surface area (Å²) < 4.78 is 4.00. The number of benzene rings is 1. The predicted octanol–water partition coefficient (Wildman–Crippen LogP) is 4.64. The summed E-state index contributed by atoms with van der Waals surface area (Å²) in [6.07, 6.45) is 8.26. The molecule has 0 spiro atoms. The normalized spacial score (nSPS) is 18.9. The minimum absolute atomic E-state index is 0.0234. The van der Waals surface area contributed by atoms with E-state index in [1.807, 2.05) is 23.8 Å². The van der Waals surface area contributed by atoms with Crippen LogP contribution in [0.1, 0.15) is 70.5 Å². The quantitative estimate of drug-likeness (QED) is 0.572. The lowest BCUT2D eigenvalue weighted by Crippen LogP contribution is -2.58. The predicted molar refractivity (Wildman–Crippen MR) is 129 cm³/mol. The van der Waals surface area contributed by atoms with E-state index in [4.69, 9.17) is 0 Å². The second-order valence-electron chi connectivity index (χ2n) is 10.2. The molecule has 4 rings (SSSR count). The van der Waals surface area contributed by atoms with Crippen molar-refractivity contribution < 1.29 is 5.11 Å². The molecule has 1 saturated heterocycles. The molecule has 2 aromatic heterocycles. The van der Waals surface area contributed by atoms with Gasteiger partial charge in [-0.1, -0.05) is 24.8 Å². The van der Waals surface area contributed by atoms with Crippen molar-refractivity contribution >= 4 is 22.7 Å². The maximum Gasteiger partial charge on any atom is 0.125 e. The van der Waals surface area contributed by atoms with Crippen molar-refractivity contribution in [3.05, 3.63) is 48.1 Å². The van der Waals surface area contributed by atoms with Crippen LogP contribution in [0.2, 0.25) is 0 Å². The first-order chi connectivity index (χ1) is 15.0. The molecule has 7 nitrogen and oxygen atoms in total. The molecule has 2 N–H and O–H groups in total. The van der Waals surface area contributed by atoms with Gasteiger partial charge in [0.15, 0.2) is 0 Å². The number of imidazole rings is 1. The summed E-state index contributed by atoms with van der Waals surface area (Å²) in [6, 6.07) is 3.91. The summed E-state index contributed by atoms with van der Waals surface area (Å²) in [4.78, 5) is 4.42. The Morgan fingerprint density at radius 2 is 1.94 bits per heavy atom. The van der Waals surface area contributed by atoms with E-state index in [1.165, 1.54) is 0 Å². The van der Waals surface area contributed by atoms with E-state index in [0.29, 0.717) is 5.56 Å². The average molecular weight is 435 g/mol. The van der Waals surface area contributed by atoms with Crippen molar-refractivity contribution in [1.82, 2.24) is 29.9 Å². The van der Waals surface area contributed by atoms with Gasteiger partial charge in [-0.25, -0.2) is 9.67 Å². The lowest BCUT2D eigenvalue weighted by atomic mass is 9.79. The highest BCUT2D eigenvalue weighted by molar-refractivity contribution is 5.93. The van der Waals surface area contributed by atoms with Crippen LogP contribution in [0.3, 0.4) is 0 Å². The Balaban J connectivity index is 1.75. The number of nitrogens with zero attached hydrogens (tertiary/aromatic N) is 5. The van der Waals surface area contributed by atoms with Crippen LogP contribution in [-0.2, 0) is 13.5 Å². The summed E-state index contributed by atoms with van der Waals surface area (Å²) in [5.41, 5.74) is 5.15. The van der Waals surface area contributed by atoms with Crippen LogP contribution in [0.15, 0.2) is 31.1 Å². The lowest BCUT2D eigenvalue weighted by Gasteiger charge is -2.46. The fraction of sp³-hybridized carbons (Fsp3) is 0.480. The molecule has 170 valence electrons. The summed E-state index contributed by atoms with van der Waals surface area (Å²) in [5.74, 6) is 0.194. The van der Waals surface area contributed by atoms with Gasteiger partial charge in [-0.05, 0) is 64.7 Å². The summed E-state index contributed by atoms with van der Waals surface area (Å²) in [5, 5.41) is 23.6. The van der Waals surface area contributed by atoms with Crippen molar-refractivity contribution in [3.63, 3.8) is 0 Å². The van der Waals surface area contributed by atoms with Crippen LogP contribution < -0.4 is 5.32 Å². The number of hydrogen-bond acceptors (Lipinski definition) is 5. The van der Waals surface area contributed by atoms with Crippen molar-refractivity contribution in [2.75, 3.05) is 0 Å². The Bertz CT molecular complexity index is 1180. The smallest absolute Gasteiger partial charge is 0.125 e. The number of phenols is 1. The van der Waals surface area contributed by atoms with Crippen molar-refractivity contribution in [1.29, 1.82) is 0 Å². The van der Waals surface area contributed by atoms with E-state index in [-0.39, 0.29) is 22.9 Å². The first kappa shape index (κ1) is 22.3. The third kappa shape index (κ3) is 4.09. The number of aromatic hydroxyl groups is 1. The molecule has 0 radical (unpaired) electrons. The zero-order valence-corrected chi connectivity index (χ0v) is 20.0. The number of fused-ring (bicyclic) bond motifs is 1. The third-order valence-corrected chi connectivity index (χ3v) is 6.34. The lowest BCUT2D eigenvalue weighted by molar-refractivity contribution is 0.123. The standard InChI is InChI=1S/C25H34N6O/c1-8-16(18-11-19-22(12-23(18)32)30(7)15-26-19)10-20-21(9-2)31(29-27-20)17-13-24(3,4)28-25(5,6)14-17/h8,10-12,15,17,28,32H,1,9,13-14H2,2-7H3/b16-10+. The highest BCUT2D eigenvalue weighted by atomic mass is 16.3. The molecule has 3 aromatic rings. The second-order valence-corrected chi connectivity index (χ2v) is 10.2. The topological polar surface area (TPSA) is 80.8 Å². The number of rotatable bonds is 5. The Hall–Kier alpha value is -2.93. The number of hydrogen-bond donors (Lipinski definition) is 2. The highest BCUT2D eigenvalue weighted by Crippen LogP contribution is 2.37. The van der Waals surface area contributed by atoms with Gasteiger partial charge in [0, 0.05) is 29.8 Å². The first-order valence-corrected chi connectivity index (χ1v) is 11.3. The van der Waals surface area contributed by atoms with Crippen LogP contribution in [0.5, 0.6) is 5.75 Å². The van der Waals surface area contributed by atoms with Gasteiger partial charge in [0.25, 0.3) is 0 Å². The number of allylic oxidation sites excluding steroid dienone is 2. The first-order valence-electron chi connectivity index (χ1n) is 11.3. The molecule has 0 aliphatic carbocycles. The fourth-order valence-corrected chi connectivity index (χ4v) is 5.30. The molecule has 7 heteroatoms. The molecular formula is C25H34N6O.